The quantitative estimate of drug-likeness (QED) is 0.555. The third kappa shape index (κ3) is 11.2. The fourth-order valence-electron chi connectivity index (χ4n) is 3.29. The fraction of sp³-hybridized carbons (Fsp3) is 0.538. The summed E-state index contributed by atoms with van der Waals surface area (Å²) in [4.78, 5) is 2.53. The minimum absolute atomic E-state index is 0.208. The lowest BCUT2D eigenvalue weighted by atomic mass is 9.99. The van der Waals surface area contributed by atoms with Crippen LogP contribution in [0.1, 0.15) is 56.7 Å². The van der Waals surface area contributed by atoms with Crippen LogP contribution in [0.5, 0.6) is 0 Å². The van der Waals surface area contributed by atoms with Crippen LogP contribution in [0, 0.1) is 18.7 Å². The molecular formula is C26H40FNO. The maximum Gasteiger partial charge on any atom is 0.123 e. The van der Waals surface area contributed by atoms with Crippen LogP contribution in [0.25, 0.3) is 0 Å². The van der Waals surface area contributed by atoms with Gasteiger partial charge in [0.25, 0.3) is 0 Å². The molecule has 162 valence electrons. The van der Waals surface area contributed by atoms with Crippen molar-refractivity contribution in [1.82, 2.24) is 4.90 Å². The molecule has 1 aliphatic heterocycles. The molecule has 0 spiro atoms. The first kappa shape index (κ1) is 25.3. The summed E-state index contributed by atoms with van der Waals surface area (Å²) in [5, 5.41) is 0. The van der Waals surface area contributed by atoms with E-state index in [1.54, 1.807) is 19.2 Å². The van der Waals surface area contributed by atoms with E-state index in [9.17, 15) is 4.39 Å². The minimum Gasteiger partial charge on any atom is -0.380 e. The third-order valence-corrected chi connectivity index (χ3v) is 5.33. The molecule has 0 saturated carbocycles. The zero-order valence-corrected chi connectivity index (χ0v) is 19.1. The summed E-state index contributed by atoms with van der Waals surface area (Å²) in [6.07, 6.45) is 5.28. The van der Waals surface area contributed by atoms with Gasteiger partial charge in [-0.2, -0.15) is 0 Å². The number of halogens is 1. The van der Waals surface area contributed by atoms with Gasteiger partial charge in [-0.25, -0.2) is 4.39 Å². The fourth-order valence-corrected chi connectivity index (χ4v) is 3.29. The van der Waals surface area contributed by atoms with Crippen molar-refractivity contribution >= 4 is 0 Å². The summed E-state index contributed by atoms with van der Waals surface area (Å²) < 4.78 is 17.1. The number of ether oxygens (including phenoxy) is 1. The van der Waals surface area contributed by atoms with Crippen molar-refractivity contribution in [1.29, 1.82) is 0 Å². The Balaban J connectivity index is 0.000000218. The normalized spacial score (nSPS) is 14.4. The number of piperidine rings is 1. The van der Waals surface area contributed by atoms with Crippen LogP contribution in [-0.4, -0.2) is 31.6 Å². The van der Waals surface area contributed by atoms with E-state index in [-0.39, 0.29) is 5.82 Å². The van der Waals surface area contributed by atoms with Crippen LogP contribution in [-0.2, 0) is 17.8 Å². The summed E-state index contributed by atoms with van der Waals surface area (Å²) in [6.45, 7) is 13.4. The number of likely N-dealkylation sites (tertiary alicyclic amines) is 1. The Kier molecular flexibility index (Phi) is 13.3. The largest absolute Gasteiger partial charge is 0.380 e. The molecule has 3 rings (SSSR count). The Morgan fingerprint density at radius 2 is 1.62 bits per heavy atom. The topological polar surface area (TPSA) is 12.5 Å². The summed E-state index contributed by atoms with van der Waals surface area (Å²) >= 11 is 0. The Hall–Kier alpha value is -1.71. The van der Waals surface area contributed by atoms with Crippen molar-refractivity contribution < 1.29 is 9.13 Å². The molecule has 0 bridgehead atoms. The Labute approximate surface area is 178 Å². The predicted molar refractivity (Wildman–Crippen MR) is 123 cm³/mol. The van der Waals surface area contributed by atoms with Crippen molar-refractivity contribution in [2.45, 2.75) is 60.0 Å². The number of nitrogens with zero attached hydrogens (tertiary/aromatic N) is 1. The molecule has 0 atom stereocenters. The van der Waals surface area contributed by atoms with Gasteiger partial charge in [-0.3, -0.25) is 0 Å². The van der Waals surface area contributed by atoms with Crippen LogP contribution >= 0.6 is 0 Å². The smallest absolute Gasteiger partial charge is 0.123 e. The second kappa shape index (κ2) is 15.2. The highest BCUT2D eigenvalue weighted by Gasteiger charge is 2.12. The summed E-state index contributed by atoms with van der Waals surface area (Å²) in [5.74, 6) is 0.771. The van der Waals surface area contributed by atoms with Gasteiger partial charge in [0, 0.05) is 7.11 Å². The van der Waals surface area contributed by atoms with Crippen molar-refractivity contribution in [3.63, 3.8) is 0 Å². The average Bonchev–Trinajstić information content (AvgIpc) is 2.73. The summed E-state index contributed by atoms with van der Waals surface area (Å²) in [6, 6.07) is 14.8. The van der Waals surface area contributed by atoms with Gasteiger partial charge in [0.05, 0.1) is 6.61 Å². The maximum absolute atomic E-state index is 12.3. The van der Waals surface area contributed by atoms with Crippen molar-refractivity contribution in [3.8, 4) is 0 Å². The molecule has 2 nitrogen and oxygen atoms in total. The monoisotopic (exact) mass is 401 g/mol. The predicted octanol–water partition coefficient (Wildman–Crippen LogP) is 6.66. The highest BCUT2D eigenvalue weighted by atomic mass is 19.1. The number of hydrogen-bond donors (Lipinski definition) is 0. The SMILES string of the molecule is CCCc1ccccc1C.CCN1CCC(C)CC1.COCc1ccc(F)cc1. The van der Waals surface area contributed by atoms with Crippen molar-refractivity contribution in [3.05, 3.63) is 71.0 Å². The molecular weight excluding hydrogens is 361 g/mol. The molecule has 0 amide bonds. The highest BCUT2D eigenvalue weighted by Crippen LogP contribution is 2.14. The maximum atomic E-state index is 12.3. The zero-order chi connectivity index (χ0) is 21.5. The lowest BCUT2D eigenvalue weighted by Gasteiger charge is -2.28. The lowest BCUT2D eigenvalue weighted by molar-refractivity contribution is 0.185. The minimum atomic E-state index is -0.208. The summed E-state index contributed by atoms with van der Waals surface area (Å²) in [5.41, 5.74) is 3.90. The van der Waals surface area contributed by atoms with Gasteiger partial charge in [-0.15, -0.1) is 0 Å². The molecule has 0 unspecified atom stereocenters. The Morgan fingerprint density at radius 3 is 2.14 bits per heavy atom. The standard InChI is InChI=1S/C10H14.C8H9FO.C8H17N/c1-3-6-10-8-5-4-7-9(10)2;1-10-6-7-2-4-8(9)5-3-7;1-3-9-6-4-8(2)5-7-9/h4-5,7-8H,3,6H2,1-2H3;2-5H,6H2,1H3;8H,3-7H2,1-2H3. The van der Waals surface area contributed by atoms with Crippen LogP contribution in [0.3, 0.4) is 0 Å². The van der Waals surface area contributed by atoms with Crippen LogP contribution in [0.4, 0.5) is 4.39 Å². The molecule has 1 aliphatic rings. The molecule has 0 aliphatic carbocycles. The molecule has 0 aromatic heterocycles. The van der Waals surface area contributed by atoms with Crippen LogP contribution in [0.2, 0.25) is 0 Å². The van der Waals surface area contributed by atoms with Gasteiger partial charge in [0.2, 0.25) is 0 Å². The number of hydrogen-bond acceptors (Lipinski definition) is 2. The van der Waals surface area contributed by atoms with Crippen LogP contribution < -0.4 is 0 Å². The second-order valence-corrected chi connectivity index (χ2v) is 7.85. The third-order valence-electron chi connectivity index (χ3n) is 5.33. The number of aryl methyl sites for hydroxylation is 2. The number of methoxy groups -OCH3 is 1. The lowest BCUT2D eigenvalue weighted by Crippen LogP contribution is -2.32. The first-order valence-electron chi connectivity index (χ1n) is 11.0. The highest BCUT2D eigenvalue weighted by molar-refractivity contribution is 5.25. The van der Waals surface area contributed by atoms with E-state index in [1.807, 2.05) is 0 Å². The van der Waals surface area contributed by atoms with Gasteiger partial charge in [-0.05, 0) is 80.6 Å². The molecule has 3 heteroatoms. The first-order valence-corrected chi connectivity index (χ1v) is 11.0. The van der Waals surface area contributed by atoms with E-state index in [0.717, 1.165) is 11.5 Å². The molecule has 29 heavy (non-hydrogen) atoms. The van der Waals surface area contributed by atoms with Gasteiger partial charge in [0.15, 0.2) is 0 Å². The molecule has 1 saturated heterocycles. The van der Waals surface area contributed by atoms with Crippen molar-refractivity contribution in [2.24, 2.45) is 5.92 Å². The molecule has 2 aromatic carbocycles. The van der Waals surface area contributed by atoms with E-state index in [4.69, 9.17) is 4.74 Å². The van der Waals surface area contributed by atoms with E-state index >= 15 is 0 Å². The zero-order valence-electron chi connectivity index (χ0n) is 19.1. The van der Waals surface area contributed by atoms with Crippen LogP contribution in [0.15, 0.2) is 48.5 Å². The second-order valence-electron chi connectivity index (χ2n) is 7.85. The molecule has 0 N–H and O–H groups in total. The Morgan fingerprint density at radius 1 is 1.00 bits per heavy atom. The van der Waals surface area contributed by atoms with E-state index < -0.39 is 0 Å². The molecule has 2 aromatic rings. The van der Waals surface area contributed by atoms with Gasteiger partial charge in [-0.1, -0.05) is 63.6 Å². The molecule has 1 heterocycles. The summed E-state index contributed by atoms with van der Waals surface area (Å²) in [7, 11) is 1.61. The van der Waals surface area contributed by atoms with Gasteiger partial charge >= 0.3 is 0 Å². The molecule has 0 radical (unpaired) electrons. The van der Waals surface area contributed by atoms with E-state index in [1.165, 1.54) is 68.6 Å². The number of rotatable bonds is 5. The Bertz CT molecular complexity index is 648. The number of benzene rings is 2. The average molecular weight is 402 g/mol. The first-order chi connectivity index (χ1) is 14.0. The van der Waals surface area contributed by atoms with Crippen molar-refractivity contribution in [2.75, 3.05) is 26.7 Å². The van der Waals surface area contributed by atoms with E-state index in [0.29, 0.717) is 6.61 Å². The molecule has 1 fully saturated rings. The van der Waals surface area contributed by atoms with Gasteiger partial charge < -0.3 is 9.64 Å². The van der Waals surface area contributed by atoms with E-state index in [2.05, 4.69) is 56.9 Å². The van der Waals surface area contributed by atoms with Gasteiger partial charge in [0.1, 0.15) is 5.82 Å².